The number of carbonyl (C=O) groups is 1. The fraction of sp³-hybridized carbons (Fsp3) is 0.481. The Morgan fingerprint density at radius 2 is 1.88 bits per heavy atom. The number of nitrogens with one attached hydrogen (secondary N) is 3. The highest BCUT2D eigenvalue weighted by Crippen LogP contribution is 2.31. The van der Waals surface area contributed by atoms with E-state index in [9.17, 15) is 4.79 Å². The lowest BCUT2D eigenvalue weighted by Crippen LogP contribution is -2.40. The molecule has 0 spiro atoms. The number of carbonyl (C=O) groups excluding carboxylic acids is 1. The zero-order chi connectivity index (χ0) is 23.0. The first kappa shape index (κ1) is 23.3. The standard InChI is InChI=1S/C27H37N5O/c1-3-28-27(30-18-23-16-26(33)31-25-10-5-4-9-24(23)25)29-17-21-11-13-22(14-12-21)19-32-15-7-6-8-20(32)2/h4-5,9-14,20,23H,3,6-8,15-19H2,1-2H3,(H,31,33)(H2,28,29,30). The zero-order valence-electron chi connectivity index (χ0n) is 19.9. The number of rotatable bonds is 7. The molecule has 6 nitrogen and oxygen atoms in total. The smallest absolute Gasteiger partial charge is 0.225 e. The molecule has 2 aliphatic heterocycles. The van der Waals surface area contributed by atoms with Gasteiger partial charge >= 0.3 is 0 Å². The van der Waals surface area contributed by atoms with Gasteiger partial charge in [0.1, 0.15) is 0 Å². The van der Waals surface area contributed by atoms with E-state index in [2.05, 4.69) is 65.0 Å². The minimum absolute atomic E-state index is 0.0708. The topological polar surface area (TPSA) is 68.8 Å². The van der Waals surface area contributed by atoms with Crippen molar-refractivity contribution >= 4 is 17.6 Å². The maximum atomic E-state index is 12.1. The molecule has 1 saturated heterocycles. The molecule has 0 bridgehead atoms. The lowest BCUT2D eigenvalue weighted by Gasteiger charge is -2.33. The van der Waals surface area contributed by atoms with E-state index < -0.39 is 0 Å². The second kappa shape index (κ2) is 11.3. The first-order valence-electron chi connectivity index (χ1n) is 12.3. The highest BCUT2D eigenvalue weighted by atomic mass is 16.1. The molecular weight excluding hydrogens is 410 g/mol. The van der Waals surface area contributed by atoms with Gasteiger partial charge in [-0.05, 0) is 56.0 Å². The van der Waals surface area contributed by atoms with Gasteiger partial charge in [0.2, 0.25) is 5.91 Å². The van der Waals surface area contributed by atoms with E-state index in [1.807, 2.05) is 18.2 Å². The number of hydrogen-bond donors (Lipinski definition) is 3. The number of hydrogen-bond acceptors (Lipinski definition) is 3. The lowest BCUT2D eigenvalue weighted by atomic mass is 9.90. The SMILES string of the molecule is CCNC(=NCc1ccc(CN2CCCCC2C)cc1)NCC1CC(=O)Nc2ccccc21. The maximum absolute atomic E-state index is 12.1. The molecule has 4 rings (SSSR count). The number of aliphatic imine (C=N–C) groups is 1. The van der Waals surface area contributed by atoms with Crippen LogP contribution in [0.25, 0.3) is 0 Å². The Morgan fingerprint density at radius 3 is 2.67 bits per heavy atom. The van der Waals surface area contributed by atoms with Crippen molar-refractivity contribution < 1.29 is 4.79 Å². The summed E-state index contributed by atoms with van der Waals surface area (Å²) in [7, 11) is 0. The number of anilines is 1. The Balaban J connectivity index is 1.34. The largest absolute Gasteiger partial charge is 0.357 e. The van der Waals surface area contributed by atoms with E-state index in [0.29, 0.717) is 25.6 Å². The third kappa shape index (κ3) is 6.35. The average Bonchev–Trinajstić information content (AvgIpc) is 2.83. The fourth-order valence-electron chi connectivity index (χ4n) is 4.79. The molecule has 2 aliphatic rings. The molecule has 1 amide bonds. The summed E-state index contributed by atoms with van der Waals surface area (Å²) >= 11 is 0. The molecule has 2 aromatic carbocycles. The van der Waals surface area contributed by atoms with Gasteiger partial charge in [0.05, 0.1) is 6.54 Å². The number of guanidine groups is 1. The van der Waals surface area contributed by atoms with Gasteiger partial charge in [0.15, 0.2) is 5.96 Å². The maximum Gasteiger partial charge on any atom is 0.225 e. The third-order valence-corrected chi connectivity index (χ3v) is 6.74. The van der Waals surface area contributed by atoms with Crippen molar-refractivity contribution in [1.82, 2.24) is 15.5 Å². The average molecular weight is 448 g/mol. The second-order valence-corrected chi connectivity index (χ2v) is 9.24. The summed E-state index contributed by atoms with van der Waals surface area (Å²) in [6.07, 6.45) is 4.47. The van der Waals surface area contributed by atoms with Gasteiger partial charge in [-0.1, -0.05) is 48.9 Å². The van der Waals surface area contributed by atoms with Gasteiger partial charge in [0, 0.05) is 43.7 Å². The van der Waals surface area contributed by atoms with Crippen molar-refractivity contribution in [2.24, 2.45) is 4.99 Å². The molecule has 2 aromatic rings. The molecule has 3 N–H and O–H groups in total. The monoisotopic (exact) mass is 447 g/mol. The predicted octanol–water partition coefficient (Wildman–Crippen LogP) is 4.24. The van der Waals surface area contributed by atoms with E-state index in [0.717, 1.165) is 24.7 Å². The summed E-state index contributed by atoms with van der Waals surface area (Å²) in [6.45, 7) is 8.73. The van der Waals surface area contributed by atoms with Crippen molar-refractivity contribution in [3.63, 3.8) is 0 Å². The molecule has 0 aliphatic carbocycles. The third-order valence-electron chi connectivity index (χ3n) is 6.74. The quantitative estimate of drug-likeness (QED) is 0.439. The van der Waals surface area contributed by atoms with Crippen LogP contribution in [0.4, 0.5) is 5.69 Å². The number of fused-ring (bicyclic) bond motifs is 1. The summed E-state index contributed by atoms with van der Waals surface area (Å²) in [4.78, 5) is 19.5. The molecule has 0 saturated carbocycles. The number of piperidine rings is 1. The number of benzene rings is 2. The van der Waals surface area contributed by atoms with Gasteiger partial charge in [-0.15, -0.1) is 0 Å². The molecular formula is C27H37N5O. The molecule has 1 fully saturated rings. The fourth-order valence-corrected chi connectivity index (χ4v) is 4.79. The molecule has 33 heavy (non-hydrogen) atoms. The number of para-hydroxylation sites is 1. The Labute approximate surface area is 197 Å². The molecule has 2 atom stereocenters. The van der Waals surface area contributed by atoms with Crippen molar-refractivity contribution in [1.29, 1.82) is 0 Å². The van der Waals surface area contributed by atoms with E-state index in [-0.39, 0.29) is 11.8 Å². The predicted molar refractivity (Wildman–Crippen MR) is 135 cm³/mol. The van der Waals surface area contributed by atoms with Crippen LogP contribution in [0.5, 0.6) is 0 Å². The highest BCUT2D eigenvalue weighted by molar-refractivity contribution is 5.94. The molecule has 6 heteroatoms. The van der Waals surface area contributed by atoms with Crippen LogP contribution in [-0.2, 0) is 17.9 Å². The van der Waals surface area contributed by atoms with Gasteiger partial charge in [0.25, 0.3) is 0 Å². The zero-order valence-corrected chi connectivity index (χ0v) is 19.9. The van der Waals surface area contributed by atoms with Crippen LogP contribution < -0.4 is 16.0 Å². The summed E-state index contributed by atoms with van der Waals surface area (Å²) in [5.41, 5.74) is 4.67. The normalized spacial score (nSPS) is 21.3. The molecule has 176 valence electrons. The van der Waals surface area contributed by atoms with E-state index in [4.69, 9.17) is 4.99 Å². The number of likely N-dealkylation sites (tertiary alicyclic amines) is 1. The summed E-state index contributed by atoms with van der Waals surface area (Å²) in [5.74, 6) is 0.990. The van der Waals surface area contributed by atoms with E-state index >= 15 is 0 Å². The first-order valence-corrected chi connectivity index (χ1v) is 12.3. The molecule has 2 unspecified atom stereocenters. The van der Waals surface area contributed by atoms with Crippen molar-refractivity contribution in [3.8, 4) is 0 Å². The van der Waals surface area contributed by atoms with Gasteiger partial charge in [-0.3, -0.25) is 9.69 Å². The Bertz CT molecular complexity index is 955. The van der Waals surface area contributed by atoms with Crippen LogP contribution in [0, 0.1) is 0 Å². The Hall–Kier alpha value is -2.86. The molecule has 2 heterocycles. The van der Waals surface area contributed by atoms with Gasteiger partial charge < -0.3 is 16.0 Å². The molecule has 0 radical (unpaired) electrons. The van der Waals surface area contributed by atoms with Crippen molar-refractivity contribution in [3.05, 3.63) is 65.2 Å². The number of amides is 1. The van der Waals surface area contributed by atoms with Gasteiger partial charge in [-0.2, -0.15) is 0 Å². The van der Waals surface area contributed by atoms with Crippen LogP contribution in [0.1, 0.15) is 62.1 Å². The summed E-state index contributed by atoms with van der Waals surface area (Å²) < 4.78 is 0. The summed E-state index contributed by atoms with van der Waals surface area (Å²) in [6, 6.07) is 17.6. The van der Waals surface area contributed by atoms with Crippen LogP contribution in [-0.4, -0.2) is 42.4 Å². The second-order valence-electron chi connectivity index (χ2n) is 9.24. The van der Waals surface area contributed by atoms with Crippen LogP contribution >= 0.6 is 0 Å². The Morgan fingerprint density at radius 1 is 1.09 bits per heavy atom. The number of nitrogens with zero attached hydrogens (tertiary/aromatic N) is 2. The Kier molecular flexibility index (Phi) is 8.00. The van der Waals surface area contributed by atoms with E-state index in [1.54, 1.807) is 0 Å². The van der Waals surface area contributed by atoms with Crippen molar-refractivity contribution in [2.45, 2.75) is 64.6 Å². The van der Waals surface area contributed by atoms with Crippen LogP contribution in [0.15, 0.2) is 53.5 Å². The first-order chi connectivity index (χ1) is 16.1. The minimum Gasteiger partial charge on any atom is -0.357 e. The van der Waals surface area contributed by atoms with Crippen molar-refractivity contribution in [2.75, 3.05) is 25.0 Å². The minimum atomic E-state index is 0.0708. The van der Waals surface area contributed by atoms with Crippen LogP contribution in [0.2, 0.25) is 0 Å². The highest BCUT2D eigenvalue weighted by Gasteiger charge is 2.24. The van der Waals surface area contributed by atoms with Crippen LogP contribution in [0.3, 0.4) is 0 Å². The van der Waals surface area contributed by atoms with Gasteiger partial charge in [-0.25, -0.2) is 4.99 Å². The molecule has 0 aromatic heterocycles. The summed E-state index contributed by atoms with van der Waals surface area (Å²) in [5, 5.41) is 9.74. The lowest BCUT2D eigenvalue weighted by molar-refractivity contribution is -0.116. The van der Waals surface area contributed by atoms with E-state index in [1.165, 1.54) is 42.5 Å².